The van der Waals surface area contributed by atoms with Gasteiger partial charge in [-0.15, -0.1) is 10.2 Å². The van der Waals surface area contributed by atoms with Crippen LogP contribution < -0.4 is 10.6 Å². The Hall–Kier alpha value is -1.50. The van der Waals surface area contributed by atoms with E-state index in [0.717, 1.165) is 6.54 Å². The van der Waals surface area contributed by atoms with Gasteiger partial charge in [0.15, 0.2) is 5.82 Å². The van der Waals surface area contributed by atoms with E-state index in [1.54, 1.807) is 0 Å². The van der Waals surface area contributed by atoms with Gasteiger partial charge in [0.25, 0.3) is 0 Å². The van der Waals surface area contributed by atoms with Gasteiger partial charge in [-0.1, -0.05) is 12.1 Å². The van der Waals surface area contributed by atoms with E-state index in [4.69, 9.17) is 0 Å². The fourth-order valence-electron chi connectivity index (χ4n) is 1.32. The molecule has 3 N–H and O–H groups in total. The van der Waals surface area contributed by atoms with Crippen molar-refractivity contribution in [2.24, 2.45) is 0 Å². The summed E-state index contributed by atoms with van der Waals surface area (Å²) in [5, 5.41) is 19.3. The summed E-state index contributed by atoms with van der Waals surface area (Å²) in [5.74, 6) is 0.382. The molecule has 90 valence electrons. The second-order valence-corrected chi connectivity index (χ2v) is 4.12. The Labute approximate surface area is 94.4 Å². The van der Waals surface area contributed by atoms with E-state index in [-0.39, 0.29) is 11.9 Å². The summed E-state index contributed by atoms with van der Waals surface area (Å²) in [4.78, 5) is 11.9. The summed E-state index contributed by atoms with van der Waals surface area (Å²) in [6, 6.07) is -0.260. The number of nitrogens with one attached hydrogen (secondary N) is 3. The number of likely N-dealkylation sites (N-methyl/N-ethyl adjacent to an activating group) is 1. The van der Waals surface area contributed by atoms with Crippen molar-refractivity contribution < 1.29 is 4.79 Å². The number of nitrogens with zero attached hydrogens (tertiary/aromatic N) is 3. The zero-order valence-electron chi connectivity index (χ0n) is 10.0. The highest BCUT2D eigenvalue weighted by Crippen LogP contribution is 2.08. The summed E-state index contributed by atoms with van der Waals surface area (Å²) in [5.41, 5.74) is -0.604. The Kier molecular flexibility index (Phi) is 3.94. The molecule has 0 aliphatic carbocycles. The Morgan fingerprint density at radius 1 is 1.56 bits per heavy atom. The lowest BCUT2D eigenvalue weighted by Crippen LogP contribution is -2.53. The second-order valence-electron chi connectivity index (χ2n) is 4.12. The summed E-state index contributed by atoms with van der Waals surface area (Å²) < 4.78 is 0. The van der Waals surface area contributed by atoms with Crippen molar-refractivity contribution in [3.63, 3.8) is 0 Å². The summed E-state index contributed by atoms with van der Waals surface area (Å²) >= 11 is 0. The highest BCUT2D eigenvalue weighted by molar-refractivity contribution is 5.85. The molecular formula is C9H18N6O. The van der Waals surface area contributed by atoms with Crippen LogP contribution in [-0.2, 0) is 4.79 Å². The first-order valence-electron chi connectivity index (χ1n) is 5.26. The first-order valence-corrected chi connectivity index (χ1v) is 5.26. The van der Waals surface area contributed by atoms with Crippen molar-refractivity contribution in [2.45, 2.75) is 39.3 Å². The van der Waals surface area contributed by atoms with E-state index in [2.05, 4.69) is 31.3 Å². The lowest BCUT2D eigenvalue weighted by Gasteiger charge is -2.25. The highest BCUT2D eigenvalue weighted by atomic mass is 16.2. The van der Waals surface area contributed by atoms with Gasteiger partial charge in [-0.2, -0.15) is 5.21 Å². The maximum atomic E-state index is 11.9. The summed E-state index contributed by atoms with van der Waals surface area (Å²) in [6.07, 6.45) is 0. The largest absolute Gasteiger partial charge is 0.345 e. The molecule has 0 spiro atoms. The number of tetrazole rings is 1. The molecule has 7 heteroatoms. The molecule has 1 atom stereocenters. The number of hydrogen-bond acceptors (Lipinski definition) is 5. The van der Waals surface area contributed by atoms with Gasteiger partial charge >= 0.3 is 0 Å². The molecule has 1 unspecified atom stereocenters. The standard InChI is InChI=1S/C9H18N6O/c1-5-10-9(3,4)8(16)11-6(2)7-12-14-15-13-7/h6,10H,5H2,1-4H3,(H,11,16)(H,12,13,14,15). The van der Waals surface area contributed by atoms with E-state index in [0.29, 0.717) is 5.82 Å². The average molecular weight is 226 g/mol. The number of carbonyl (C=O) groups is 1. The van der Waals surface area contributed by atoms with Gasteiger partial charge in [0.2, 0.25) is 5.91 Å². The van der Waals surface area contributed by atoms with Gasteiger partial charge in [0.05, 0.1) is 11.6 Å². The molecule has 1 amide bonds. The van der Waals surface area contributed by atoms with Crippen LogP contribution in [-0.4, -0.2) is 38.6 Å². The van der Waals surface area contributed by atoms with E-state index in [1.165, 1.54) is 0 Å². The highest BCUT2D eigenvalue weighted by Gasteiger charge is 2.28. The topological polar surface area (TPSA) is 95.6 Å². The van der Waals surface area contributed by atoms with Crippen LogP contribution >= 0.6 is 0 Å². The third-order valence-electron chi connectivity index (χ3n) is 2.28. The molecule has 0 saturated heterocycles. The van der Waals surface area contributed by atoms with E-state index in [1.807, 2.05) is 27.7 Å². The molecule has 1 aromatic rings. The van der Waals surface area contributed by atoms with Gasteiger partial charge in [-0.25, -0.2) is 0 Å². The lowest BCUT2D eigenvalue weighted by atomic mass is 10.0. The molecule has 7 nitrogen and oxygen atoms in total. The minimum absolute atomic E-state index is 0.0911. The van der Waals surface area contributed by atoms with Crippen molar-refractivity contribution >= 4 is 5.91 Å². The molecule has 1 aromatic heterocycles. The van der Waals surface area contributed by atoms with Gasteiger partial charge in [0.1, 0.15) is 0 Å². The molecule has 0 fully saturated rings. The van der Waals surface area contributed by atoms with E-state index in [9.17, 15) is 4.79 Å². The van der Waals surface area contributed by atoms with E-state index < -0.39 is 5.54 Å². The lowest BCUT2D eigenvalue weighted by molar-refractivity contribution is -0.127. The molecule has 0 bridgehead atoms. The van der Waals surface area contributed by atoms with Crippen LogP contribution in [0.5, 0.6) is 0 Å². The number of aromatic amines is 1. The monoisotopic (exact) mass is 226 g/mol. The van der Waals surface area contributed by atoms with E-state index >= 15 is 0 Å². The van der Waals surface area contributed by atoms with Crippen LogP contribution in [0.25, 0.3) is 0 Å². The number of amides is 1. The Morgan fingerprint density at radius 2 is 2.25 bits per heavy atom. The number of rotatable bonds is 5. The van der Waals surface area contributed by atoms with Crippen molar-refractivity contribution in [3.05, 3.63) is 5.82 Å². The van der Waals surface area contributed by atoms with Gasteiger partial charge in [-0.3, -0.25) is 4.79 Å². The van der Waals surface area contributed by atoms with Gasteiger partial charge in [-0.05, 0) is 27.3 Å². The van der Waals surface area contributed by atoms with Crippen LogP contribution in [0.3, 0.4) is 0 Å². The fourth-order valence-corrected chi connectivity index (χ4v) is 1.32. The predicted molar refractivity (Wildman–Crippen MR) is 58.5 cm³/mol. The molecule has 1 rings (SSSR count). The van der Waals surface area contributed by atoms with Crippen molar-refractivity contribution in [1.82, 2.24) is 31.3 Å². The smallest absolute Gasteiger partial charge is 0.240 e. The molecule has 0 radical (unpaired) electrons. The summed E-state index contributed by atoms with van der Waals surface area (Å²) in [7, 11) is 0. The normalized spacial score (nSPS) is 13.5. The third kappa shape index (κ3) is 2.99. The van der Waals surface area contributed by atoms with Crippen LogP contribution in [0.2, 0.25) is 0 Å². The first-order chi connectivity index (χ1) is 7.47. The van der Waals surface area contributed by atoms with Crippen LogP contribution in [0.1, 0.15) is 39.6 Å². The zero-order valence-corrected chi connectivity index (χ0v) is 10.0. The molecule has 1 heterocycles. The third-order valence-corrected chi connectivity index (χ3v) is 2.28. The van der Waals surface area contributed by atoms with Gasteiger partial charge < -0.3 is 10.6 Å². The number of carbonyl (C=O) groups excluding carboxylic acids is 1. The van der Waals surface area contributed by atoms with Crippen LogP contribution in [0.15, 0.2) is 0 Å². The minimum atomic E-state index is -0.604. The molecule has 0 aliphatic heterocycles. The second kappa shape index (κ2) is 5.02. The molecular weight excluding hydrogens is 208 g/mol. The maximum Gasteiger partial charge on any atom is 0.240 e. The van der Waals surface area contributed by atoms with Crippen molar-refractivity contribution in [2.75, 3.05) is 6.54 Å². The van der Waals surface area contributed by atoms with Crippen LogP contribution in [0.4, 0.5) is 0 Å². The van der Waals surface area contributed by atoms with Gasteiger partial charge in [0, 0.05) is 0 Å². The Balaban J connectivity index is 2.57. The fraction of sp³-hybridized carbons (Fsp3) is 0.778. The Bertz CT molecular complexity index is 334. The molecule has 0 aromatic carbocycles. The Morgan fingerprint density at radius 3 is 2.75 bits per heavy atom. The molecule has 0 aliphatic rings. The predicted octanol–water partition coefficient (Wildman–Crippen LogP) is -0.235. The molecule has 16 heavy (non-hydrogen) atoms. The van der Waals surface area contributed by atoms with Crippen LogP contribution in [0, 0.1) is 0 Å². The number of H-pyrrole nitrogens is 1. The van der Waals surface area contributed by atoms with Crippen molar-refractivity contribution in [3.8, 4) is 0 Å². The SMILES string of the molecule is CCNC(C)(C)C(=O)NC(C)c1nn[nH]n1. The number of aromatic nitrogens is 4. The zero-order chi connectivity index (χ0) is 12.2. The quantitative estimate of drug-likeness (QED) is 0.644. The number of hydrogen-bond donors (Lipinski definition) is 3. The first kappa shape index (κ1) is 12.6. The average Bonchev–Trinajstić information content (AvgIpc) is 2.70. The summed E-state index contributed by atoms with van der Waals surface area (Å²) in [6.45, 7) is 8.16. The van der Waals surface area contributed by atoms with Crippen molar-refractivity contribution in [1.29, 1.82) is 0 Å². The maximum absolute atomic E-state index is 11.9. The molecule has 0 saturated carbocycles. The minimum Gasteiger partial charge on any atom is -0.345 e.